The van der Waals surface area contributed by atoms with Gasteiger partial charge in [0, 0.05) is 12.8 Å². The van der Waals surface area contributed by atoms with E-state index in [0.29, 0.717) is 12.8 Å². The minimum atomic E-state index is -0.679. The molecule has 0 saturated carbocycles. The highest BCUT2D eigenvalue weighted by Crippen LogP contribution is 2.13. The van der Waals surface area contributed by atoms with Crippen molar-refractivity contribution >= 4 is 11.9 Å². The van der Waals surface area contributed by atoms with Gasteiger partial charge in [0.15, 0.2) is 0 Å². The Morgan fingerprint density at radius 1 is 0.593 bits per heavy atom. The first kappa shape index (κ1) is 28.1. The summed E-state index contributed by atoms with van der Waals surface area (Å²) in [5, 5.41) is 33.0. The van der Waals surface area contributed by atoms with Gasteiger partial charge in [0.25, 0.3) is 0 Å². The van der Waals surface area contributed by atoms with Crippen LogP contribution in [0.4, 0.5) is 0 Å². The second-order valence-electron chi connectivity index (χ2n) is 7.27. The van der Waals surface area contributed by atoms with Crippen molar-refractivity contribution in [3.8, 4) is 0 Å². The Balaban J connectivity index is 0. The Labute approximate surface area is 165 Å². The van der Waals surface area contributed by atoms with E-state index in [2.05, 4.69) is 0 Å². The lowest BCUT2D eigenvalue weighted by Crippen LogP contribution is -2.03. The molecule has 0 aliphatic carbocycles. The number of unbranched alkanes of at least 4 members (excludes halogenated alkanes) is 13. The van der Waals surface area contributed by atoms with Gasteiger partial charge in [0.2, 0.25) is 0 Å². The van der Waals surface area contributed by atoms with Crippen LogP contribution >= 0.6 is 0 Å². The fourth-order valence-corrected chi connectivity index (χ4v) is 2.67. The Kier molecular flexibility index (Phi) is 23.8. The summed E-state index contributed by atoms with van der Waals surface area (Å²) in [6.07, 6.45) is 16.4. The standard InChI is InChI=1S/C18H34O4.C3H8O2/c19-17(20)15-13-11-9-7-5-3-1-2-4-6-8-10-12-14-16-18(21)22;1-3(5)2-4/h1-16H2,(H,19,20)(H,21,22);3-5H,2H2,1H3. The number of aliphatic hydroxyl groups excluding tert-OH is 2. The lowest BCUT2D eigenvalue weighted by atomic mass is 10.0. The minimum Gasteiger partial charge on any atom is -0.481 e. The second kappa shape index (κ2) is 22.9. The predicted octanol–water partition coefficient (Wildman–Crippen LogP) is 4.76. The molecule has 0 spiro atoms. The molecule has 0 bridgehead atoms. The molecule has 0 aromatic carbocycles. The van der Waals surface area contributed by atoms with E-state index in [-0.39, 0.29) is 6.61 Å². The summed E-state index contributed by atoms with van der Waals surface area (Å²) in [4.78, 5) is 20.7. The summed E-state index contributed by atoms with van der Waals surface area (Å²) in [7, 11) is 0. The zero-order chi connectivity index (χ0) is 20.8. The van der Waals surface area contributed by atoms with Crippen LogP contribution in [0.2, 0.25) is 0 Å². The quantitative estimate of drug-likeness (QED) is 0.251. The molecule has 1 atom stereocenters. The van der Waals surface area contributed by atoms with E-state index in [1.807, 2.05) is 0 Å². The number of hydrogen-bond donors (Lipinski definition) is 4. The fraction of sp³-hybridized carbons (Fsp3) is 0.905. The van der Waals surface area contributed by atoms with E-state index < -0.39 is 18.0 Å². The van der Waals surface area contributed by atoms with E-state index >= 15 is 0 Å². The summed E-state index contributed by atoms with van der Waals surface area (Å²) in [6, 6.07) is 0. The van der Waals surface area contributed by atoms with Crippen molar-refractivity contribution < 1.29 is 30.0 Å². The van der Waals surface area contributed by atoms with E-state index in [1.54, 1.807) is 0 Å². The van der Waals surface area contributed by atoms with Crippen LogP contribution in [-0.2, 0) is 9.59 Å². The number of aliphatic carboxylic acids is 2. The first-order chi connectivity index (χ1) is 12.9. The van der Waals surface area contributed by atoms with Crippen LogP contribution in [0.25, 0.3) is 0 Å². The van der Waals surface area contributed by atoms with Crippen molar-refractivity contribution in [2.45, 2.75) is 116 Å². The molecule has 1 unspecified atom stereocenters. The molecule has 0 radical (unpaired) electrons. The number of carboxylic acid groups (broad SMARTS) is 2. The molecule has 0 fully saturated rings. The van der Waals surface area contributed by atoms with Gasteiger partial charge < -0.3 is 20.4 Å². The van der Waals surface area contributed by atoms with Crippen LogP contribution in [0.15, 0.2) is 0 Å². The third-order valence-electron chi connectivity index (χ3n) is 4.30. The van der Waals surface area contributed by atoms with Gasteiger partial charge in [0.05, 0.1) is 12.7 Å². The normalized spacial score (nSPS) is 11.5. The first-order valence-corrected chi connectivity index (χ1v) is 10.6. The minimum absolute atomic E-state index is 0.139. The van der Waals surface area contributed by atoms with Gasteiger partial charge in [-0.3, -0.25) is 9.59 Å². The monoisotopic (exact) mass is 390 g/mol. The summed E-state index contributed by atoms with van der Waals surface area (Å²) >= 11 is 0. The Hall–Kier alpha value is -1.14. The van der Waals surface area contributed by atoms with Crippen molar-refractivity contribution in [3.05, 3.63) is 0 Å². The topological polar surface area (TPSA) is 115 Å². The molecule has 6 heteroatoms. The van der Waals surface area contributed by atoms with Crippen molar-refractivity contribution in [1.82, 2.24) is 0 Å². The second-order valence-corrected chi connectivity index (χ2v) is 7.27. The van der Waals surface area contributed by atoms with Crippen molar-refractivity contribution in [3.63, 3.8) is 0 Å². The average molecular weight is 391 g/mol. The van der Waals surface area contributed by atoms with Crippen LogP contribution in [0.3, 0.4) is 0 Å². The number of carbonyl (C=O) groups is 2. The molecular formula is C21H42O6. The van der Waals surface area contributed by atoms with Crippen LogP contribution < -0.4 is 0 Å². The molecule has 27 heavy (non-hydrogen) atoms. The molecule has 6 nitrogen and oxygen atoms in total. The zero-order valence-corrected chi connectivity index (χ0v) is 17.2. The maximum absolute atomic E-state index is 10.3. The molecule has 162 valence electrons. The van der Waals surface area contributed by atoms with Gasteiger partial charge in [-0.15, -0.1) is 0 Å². The van der Waals surface area contributed by atoms with Gasteiger partial charge in [0.1, 0.15) is 0 Å². The number of aliphatic hydroxyl groups is 2. The number of rotatable bonds is 18. The van der Waals surface area contributed by atoms with E-state index in [0.717, 1.165) is 25.7 Å². The molecule has 0 rings (SSSR count). The molecule has 0 aromatic heterocycles. The Bertz CT molecular complexity index is 303. The molecule has 0 saturated heterocycles. The molecule has 0 aliphatic rings. The zero-order valence-electron chi connectivity index (χ0n) is 17.2. The van der Waals surface area contributed by atoms with Gasteiger partial charge >= 0.3 is 11.9 Å². The highest BCUT2D eigenvalue weighted by Gasteiger charge is 1.98. The van der Waals surface area contributed by atoms with Crippen LogP contribution in [0, 0.1) is 0 Å². The van der Waals surface area contributed by atoms with E-state index in [1.165, 1.54) is 71.1 Å². The van der Waals surface area contributed by atoms with Crippen LogP contribution in [-0.4, -0.2) is 45.1 Å². The first-order valence-electron chi connectivity index (χ1n) is 10.6. The summed E-state index contributed by atoms with van der Waals surface area (Å²) in [6.45, 7) is 1.39. The highest BCUT2D eigenvalue weighted by molar-refractivity contribution is 5.66. The van der Waals surface area contributed by atoms with E-state index in [4.69, 9.17) is 20.4 Å². The molecule has 0 heterocycles. The SMILES string of the molecule is CC(O)CO.O=C(O)CCCCCCCCCCCCCCCCC(=O)O. The summed E-state index contributed by atoms with van der Waals surface area (Å²) in [5.74, 6) is -1.36. The maximum Gasteiger partial charge on any atom is 0.303 e. The van der Waals surface area contributed by atoms with Crippen molar-refractivity contribution in [2.75, 3.05) is 6.61 Å². The van der Waals surface area contributed by atoms with Gasteiger partial charge in [-0.2, -0.15) is 0 Å². The third-order valence-corrected chi connectivity index (χ3v) is 4.30. The van der Waals surface area contributed by atoms with Gasteiger partial charge in [-0.05, 0) is 19.8 Å². The van der Waals surface area contributed by atoms with Gasteiger partial charge in [-0.25, -0.2) is 0 Å². The van der Waals surface area contributed by atoms with Crippen LogP contribution in [0.5, 0.6) is 0 Å². The summed E-state index contributed by atoms with van der Waals surface area (Å²) < 4.78 is 0. The third kappa shape index (κ3) is 32.9. The maximum atomic E-state index is 10.3. The summed E-state index contributed by atoms with van der Waals surface area (Å²) in [5.41, 5.74) is 0. The largest absolute Gasteiger partial charge is 0.481 e. The molecule has 4 N–H and O–H groups in total. The highest BCUT2D eigenvalue weighted by atomic mass is 16.4. The van der Waals surface area contributed by atoms with Gasteiger partial charge in [-0.1, -0.05) is 77.0 Å². The fourth-order valence-electron chi connectivity index (χ4n) is 2.67. The van der Waals surface area contributed by atoms with Crippen molar-refractivity contribution in [2.24, 2.45) is 0 Å². The van der Waals surface area contributed by atoms with Crippen molar-refractivity contribution in [1.29, 1.82) is 0 Å². The smallest absolute Gasteiger partial charge is 0.303 e. The Morgan fingerprint density at radius 2 is 0.778 bits per heavy atom. The Morgan fingerprint density at radius 3 is 0.926 bits per heavy atom. The number of carboxylic acids is 2. The number of hydrogen-bond acceptors (Lipinski definition) is 4. The molecule has 0 aliphatic heterocycles. The predicted molar refractivity (Wildman–Crippen MR) is 108 cm³/mol. The molecular weight excluding hydrogens is 348 g/mol. The molecule has 0 amide bonds. The van der Waals surface area contributed by atoms with Crippen LogP contribution in [0.1, 0.15) is 110 Å². The lowest BCUT2D eigenvalue weighted by molar-refractivity contribution is -0.138. The average Bonchev–Trinajstić information content (AvgIpc) is 2.61. The van der Waals surface area contributed by atoms with E-state index in [9.17, 15) is 9.59 Å². The molecule has 0 aromatic rings. The lowest BCUT2D eigenvalue weighted by Gasteiger charge is -2.03.